The van der Waals surface area contributed by atoms with Crippen molar-refractivity contribution >= 4 is 18.0 Å². The van der Waals surface area contributed by atoms with Gasteiger partial charge < -0.3 is 20.5 Å². The van der Waals surface area contributed by atoms with Crippen molar-refractivity contribution in [1.82, 2.24) is 10.6 Å². The molecule has 0 aliphatic heterocycles. The number of amides is 2. The monoisotopic (exact) mass is 438 g/mol. The highest BCUT2D eigenvalue weighted by Crippen LogP contribution is 2.44. The van der Waals surface area contributed by atoms with E-state index in [1.165, 1.54) is 0 Å². The summed E-state index contributed by atoms with van der Waals surface area (Å²) in [4.78, 5) is 35.8. The van der Waals surface area contributed by atoms with Crippen LogP contribution in [-0.2, 0) is 14.3 Å². The molecule has 1 unspecified atom stereocenters. The van der Waals surface area contributed by atoms with Gasteiger partial charge in [-0.3, -0.25) is 4.79 Å². The molecular weight excluding hydrogens is 408 g/mol. The number of nitrogens with one attached hydrogen (secondary N) is 2. The van der Waals surface area contributed by atoms with E-state index in [0.717, 1.165) is 28.7 Å². The molecule has 1 aliphatic rings. The number of fused-ring (bicyclic) bond motifs is 3. The second-order valence-electron chi connectivity index (χ2n) is 8.18. The van der Waals surface area contributed by atoms with Crippen molar-refractivity contribution in [3.63, 3.8) is 0 Å². The number of carboxylic acid groups (broad SMARTS) is 1. The summed E-state index contributed by atoms with van der Waals surface area (Å²) in [6, 6.07) is 14.8. The number of carboxylic acids is 1. The Labute approximate surface area is 188 Å². The van der Waals surface area contributed by atoms with Gasteiger partial charge in [0.05, 0.1) is 0 Å². The first-order valence-electron chi connectivity index (χ1n) is 11.0. The van der Waals surface area contributed by atoms with Crippen molar-refractivity contribution in [3.05, 3.63) is 59.7 Å². The number of unbranched alkanes of at least 4 members (excludes halogenated alkanes) is 1. The summed E-state index contributed by atoms with van der Waals surface area (Å²) in [5.74, 6) is -1.51. The fourth-order valence-electron chi connectivity index (χ4n) is 4.09. The third-order valence-corrected chi connectivity index (χ3v) is 5.68. The van der Waals surface area contributed by atoms with E-state index in [0.29, 0.717) is 12.8 Å². The van der Waals surface area contributed by atoms with Crippen LogP contribution in [-0.4, -0.2) is 41.8 Å². The van der Waals surface area contributed by atoms with Crippen LogP contribution in [0.3, 0.4) is 0 Å². The maximum absolute atomic E-state index is 12.3. The summed E-state index contributed by atoms with van der Waals surface area (Å²) in [5.41, 5.74) is 4.55. The van der Waals surface area contributed by atoms with Gasteiger partial charge >= 0.3 is 12.1 Å². The van der Waals surface area contributed by atoms with E-state index in [4.69, 9.17) is 4.74 Å². The van der Waals surface area contributed by atoms with E-state index in [1.54, 1.807) is 6.92 Å². The van der Waals surface area contributed by atoms with Gasteiger partial charge in [-0.1, -0.05) is 68.3 Å². The van der Waals surface area contributed by atoms with Crippen molar-refractivity contribution in [2.45, 2.75) is 57.5 Å². The van der Waals surface area contributed by atoms with Gasteiger partial charge in [0.2, 0.25) is 5.91 Å². The van der Waals surface area contributed by atoms with E-state index < -0.39 is 30.1 Å². The summed E-state index contributed by atoms with van der Waals surface area (Å²) in [6.45, 7) is 3.83. The van der Waals surface area contributed by atoms with Gasteiger partial charge in [-0.05, 0) is 35.6 Å². The van der Waals surface area contributed by atoms with Crippen LogP contribution in [0.5, 0.6) is 0 Å². The molecule has 0 spiro atoms. The Morgan fingerprint density at radius 3 is 2.16 bits per heavy atom. The summed E-state index contributed by atoms with van der Waals surface area (Å²) in [5, 5.41) is 14.4. The molecule has 2 atom stereocenters. The molecule has 3 rings (SSSR count). The van der Waals surface area contributed by atoms with Crippen molar-refractivity contribution in [2.24, 2.45) is 0 Å². The highest BCUT2D eigenvalue weighted by Gasteiger charge is 2.29. The van der Waals surface area contributed by atoms with E-state index in [1.807, 2.05) is 43.3 Å². The maximum atomic E-state index is 12.3. The first kappa shape index (κ1) is 23.3. The average Bonchev–Trinajstić information content (AvgIpc) is 3.08. The standard InChI is InChI=1S/C25H30N2O5/c1-3-4-13-22(24(29)30)27-23(28)14-16(2)26-25(31)32-15-21-19-11-7-5-9-17(19)18-10-6-8-12-20(18)21/h5-12,16,21-22H,3-4,13-15H2,1-2H3,(H,26,31)(H,27,28)(H,29,30)/t16?,22-/m0/s1. The molecule has 3 N–H and O–H groups in total. The van der Waals surface area contributed by atoms with Crippen LogP contribution in [0.1, 0.15) is 56.6 Å². The third kappa shape index (κ3) is 5.66. The second kappa shape index (κ2) is 10.8. The second-order valence-corrected chi connectivity index (χ2v) is 8.18. The lowest BCUT2D eigenvalue weighted by atomic mass is 9.98. The molecule has 0 radical (unpaired) electrons. The van der Waals surface area contributed by atoms with Crippen LogP contribution in [0, 0.1) is 0 Å². The van der Waals surface area contributed by atoms with Crippen LogP contribution < -0.4 is 10.6 Å². The Bertz CT molecular complexity index is 929. The lowest BCUT2D eigenvalue weighted by Crippen LogP contribution is -2.44. The molecule has 7 nitrogen and oxygen atoms in total. The summed E-state index contributed by atoms with van der Waals surface area (Å²) in [6.07, 6.45) is 1.31. The van der Waals surface area contributed by atoms with Crippen molar-refractivity contribution in [1.29, 1.82) is 0 Å². The molecule has 0 bridgehead atoms. The van der Waals surface area contributed by atoms with Gasteiger partial charge in [-0.2, -0.15) is 0 Å². The molecule has 2 aromatic carbocycles. The Kier molecular flexibility index (Phi) is 7.87. The van der Waals surface area contributed by atoms with Crippen LogP contribution in [0.2, 0.25) is 0 Å². The quantitative estimate of drug-likeness (QED) is 0.519. The van der Waals surface area contributed by atoms with E-state index >= 15 is 0 Å². The van der Waals surface area contributed by atoms with Crippen molar-refractivity contribution < 1.29 is 24.2 Å². The number of ether oxygens (including phenoxy) is 1. The van der Waals surface area contributed by atoms with Gasteiger partial charge in [0.1, 0.15) is 12.6 Å². The van der Waals surface area contributed by atoms with Crippen molar-refractivity contribution in [3.8, 4) is 11.1 Å². The predicted molar refractivity (Wildman–Crippen MR) is 121 cm³/mol. The lowest BCUT2D eigenvalue weighted by molar-refractivity contribution is -0.142. The average molecular weight is 439 g/mol. The largest absolute Gasteiger partial charge is 0.480 e. The number of hydrogen-bond acceptors (Lipinski definition) is 4. The number of carbonyl (C=O) groups is 3. The SMILES string of the molecule is CCCC[C@H](NC(=O)CC(C)NC(=O)OCC1c2ccccc2-c2ccccc21)C(=O)O. The van der Waals surface area contributed by atoms with Crippen LogP contribution in [0.15, 0.2) is 48.5 Å². The zero-order valence-electron chi connectivity index (χ0n) is 18.5. The van der Waals surface area contributed by atoms with E-state index in [2.05, 4.69) is 22.8 Å². The highest BCUT2D eigenvalue weighted by atomic mass is 16.5. The van der Waals surface area contributed by atoms with Crippen LogP contribution in [0.4, 0.5) is 4.79 Å². The van der Waals surface area contributed by atoms with Crippen LogP contribution in [0.25, 0.3) is 11.1 Å². The maximum Gasteiger partial charge on any atom is 0.407 e. The lowest BCUT2D eigenvalue weighted by Gasteiger charge is -2.18. The molecule has 2 aromatic rings. The van der Waals surface area contributed by atoms with Gasteiger partial charge in [0, 0.05) is 18.4 Å². The predicted octanol–water partition coefficient (Wildman–Crippen LogP) is 4.06. The molecule has 32 heavy (non-hydrogen) atoms. The van der Waals surface area contributed by atoms with E-state index in [-0.39, 0.29) is 18.9 Å². The number of rotatable bonds is 10. The number of benzene rings is 2. The van der Waals surface area contributed by atoms with E-state index in [9.17, 15) is 19.5 Å². The molecule has 1 aliphatic carbocycles. The molecule has 0 saturated carbocycles. The zero-order valence-corrected chi connectivity index (χ0v) is 18.5. The first-order chi connectivity index (χ1) is 15.4. The van der Waals surface area contributed by atoms with Gasteiger partial charge in [0.25, 0.3) is 0 Å². The van der Waals surface area contributed by atoms with Gasteiger partial charge in [-0.15, -0.1) is 0 Å². The molecule has 7 heteroatoms. The van der Waals surface area contributed by atoms with Crippen LogP contribution >= 0.6 is 0 Å². The Morgan fingerprint density at radius 2 is 1.59 bits per heavy atom. The minimum absolute atomic E-state index is 0.0277. The van der Waals surface area contributed by atoms with Gasteiger partial charge in [0.15, 0.2) is 0 Å². The minimum atomic E-state index is -1.05. The number of carbonyl (C=O) groups excluding carboxylic acids is 2. The number of hydrogen-bond donors (Lipinski definition) is 3. The third-order valence-electron chi connectivity index (χ3n) is 5.68. The summed E-state index contributed by atoms with van der Waals surface area (Å²) in [7, 11) is 0. The topological polar surface area (TPSA) is 105 Å². The minimum Gasteiger partial charge on any atom is -0.480 e. The fraction of sp³-hybridized carbons (Fsp3) is 0.400. The number of aliphatic carboxylic acids is 1. The smallest absolute Gasteiger partial charge is 0.407 e. The zero-order chi connectivity index (χ0) is 23.1. The van der Waals surface area contributed by atoms with Gasteiger partial charge in [-0.25, -0.2) is 9.59 Å². The summed E-state index contributed by atoms with van der Waals surface area (Å²) >= 11 is 0. The molecule has 2 amide bonds. The Morgan fingerprint density at radius 1 is 1.00 bits per heavy atom. The molecular formula is C25H30N2O5. The Hall–Kier alpha value is -3.35. The van der Waals surface area contributed by atoms with Crippen molar-refractivity contribution in [2.75, 3.05) is 6.61 Å². The highest BCUT2D eigenvalue weighted by molar-refractivity contribution is 5.84. The fourth-order valence-corrected chi connectivity index (χ4v) is 4.09. The molecule has 0 heterocycles. The normalized spacial score (nSPS) is 14.1. The summed E-state index contributed by atoms with van der Waals surface area (Å²) < 4.78 is 5.49. The molecule has 0 fully saturated rings. The molecule has 170 valence electrons. The first-order valence-corrected chi connectivity index (χ1v) is 11.0. The molecule has 0 aromatic heterocycles. The Balaban J connectivity index is 1.51. The number of alkyl carbamates (subject to hydrolysis) is 1. The molecule has 0 saturated heterocycles.